The number of nitrogens with zero attached hydrogens (tertiary/aromatic N) is 1. The lowest BCUT2D eigenvalue weighted by atomic mass is 9.99. The van der Waals surface area contributed by atoms with Crippen molar-refractivity contribution in [1.82, 2.24) is 5.16 Å². The van der Waals surface area contributed by atoms with E-state index in [2.05, 4.69) is 21.1 Å². The molecule has 1 heterocycles. The van der Waals surface area contributed by atoms with Crippen LogP contribution in [-0.2, 0) is 0 Å². The molecule has 5 heteroatoms. The fourth-order valence-electron chi connectivity index (χ4n) is 2.22. The average molecular weight is 347 g/mol. The summed E-state index contributed by atoms with van der Waals surface area (Å²) in [5.41, 5.74) is 9.31. The molecule has 3 nitrogen and oxygen atoms in total. The molecule has 0 unspecified atom stereocenters. The topological polar surface area (TPSA) is 52.0 Å². The highest BCUT2D eigenvalue weighted by atomic mass is 79.9. The summed E-state index contributed by atoms with van der Waals surface area (Å²) in [5.74, 6) is 0.572. The molecular formula is C16H12BrFN2O. The Kier molecular flexibility index (Phi) is 3.51. The SMILES string of the molecule is Cc1ccc(Br)cc1-c1onc(N)c1-c1ccc(F)cc1. The van der Waals surface area contributed by atoms with Crippen molar-refractivity contribution in [3.05, 3.63) is 58.3 Å². The van der Waals surface area contributed by atoms with E-state index in [-0.39, 0.29) is 11.6 Å². The first-order valence-electron chi connectivity index (χ1n) is 6.34. The molecule has 0 saturated heterocycles. The Hall–Kier alpha value is -2.14. The van der Waals surface area contributed by atoms with Gasteiger partial charge in [0, 0.05) is 10.0 Å². The van der Waals surface area contributed by atoms with Crippen molar-refractivity contribution in [3.63, 3.8) is 0 Å². The molecule has 0 atom stereocenters. The van der Waals surface area contributed by atoms with Crippen molar-refractivity contribution in [1.29, 1.82) is 0 Å². The maximum absolute atomic E-state index is 13.1. The van der Waals surface area contributed by atoms with Crippen LogP contribution in [0.15, 0.2) is 51.5 Å². The van der Waals surface area contributed by atoms with Gasteiger partial charge in [-0.05, 0) is 42.3 Å². The van der Waals surface area contributed by atoms with Gasteiger partial charge in [-0.15, -0.1) is 0 Å². The predicted molar refractivity (Wildman–Crippen MR) is 84.2 cm³/mol. The van der Waals surface area contributed by atoms with Crippen LogP contribution in [-0.4, -0.2) is 5.16 Å². The molecular weight excluding hydrogens is 335 g/mol. The molecule has 21 heavy (non-hydrogen) atoms. The molecule has 3 rings (SSSR count). The first kappa shape index (κ1) is 13.8. The molecule has 0 aliphatic heterocycles. The number of anilines is 1. The largest absolute Gasteiger partial charge is 0.380 e. The standard InChI is InChI=1S/C16H12BrFN2O/c1-9-2-5-11(17)8-13(9)15-14(16(19)20-21-15)10-3-6-12(18)7-4-10/h2-8H,1H3,(H2,19,20). The van der Waals surface area contributed by atoms with E-state index in [4.69, 9.17) is 10.3 Å². The number of rotatable bonds is 2. The van der Waals surface area contributed by atoms with Gasteiger partial charge in [-0.1, -0.05) is 39.3 Å². The molecule has 0 aliphatic carbocycles. The average Bonchev–Trinajstić information content (AvgIpc) is 2.84. The minimum Gasteiger partial charge on any atom is -0.380 e. The molecule has 0 amide bonds. The molecule has 0 bridgehead atoms. The summed E-state index contributed by atoms with van der Waals surface area (Å²) in [4.78, 5) is 0. The Morgan fingerprint density at radius 1 is 1.14 bits per heavy atom. The van der Waals surface area contributed by atoms with Gasteiger partial charge in [0.1, 0.15) is 5.82 Å². The second-order valence-electron chi connectivity index (χ2n) is 4.74. The lowest BCUT2D eigenvalue weighted by molar-refractivity contribution is 0.436. The fourth-order valence-corrected chi connectivity index (χ4v) is 2.58. The lowest BCUT2D eigenvalue weighted by Gasteiger charge is -2.06. The Labute approximate surface area is 129 Å². The molecule has 0 aliphatic rings. The summed E-state index contributed by atoms with van der Waals surface area (Å²) in [6, 6.07) is 12.0. The van der Waals surface area contributed by atoms with E-state index in [0.29, 0.717) is 11.3 Å². The number of aromatic nitrogens is 1. The van der Waals surface area contributed by atoms with Crippen molar-refractivity contribution in [2.45, 2.75) is 6.92 Å². The molecule has 0 radical (unpaired) electrons. The van der Waals surface area contributed by atoms with Gasteiger partial charge in [0.25, 0.3) is 0 Å². The van der Waals surface area contributed by atoms with E-state index in [1.807, 2.05) is 25.1 Å². The van der Waals surface area contributed by atoms with Crippen LogP contribution in [0.5, 0.6) is 0 Å². The van der Waals surface area contributed by atoms with Crippen LogP contribution in [0.4, 0.5) is 10.2 Å². The fraction of sp³-hybridized carbons (Fsp3) is 0.0625. The minimum absolute atomic E-state index is 0.288. The number of halogens is 2. The van der Waals surface area contributed by atoms with E-state index in [9.17, 15) is 4.39 Å². The van der Waals surface area contributed by atoms with Gasteiger partial charge in [0.05, 0.1) is 5.56 Å². The molecule has 0 fully saturated rings. The zero-order chi connectivity index (χ0) is 15.0. The van der Waals surface area contributed by atoms with Gasteiger partial charge < -0.3 is 10.3 Å². The van der Waals surface area contributed by atoms with E-state index >= 15 is 0 Å². The van der Waals surface area contributed by atoms with Crippen LogP contribution < -0.4 is 5.73 Å². The van der Waals surface area contributed by atoms with E-state index in [1.54, 1.807) is 12.1 Å². The first-order chi connectivity index (χ1) is 10.1. The number of hydrogen-bond acceptors (Lipinski definition) is 3. The monoisotopic (exact) mass is 346 g/mol. The van der Waals surface area contributed by atoms with Crippen molar-refractivity contribution in [2.24, 2.45) is 0 Å². The van der Waals surface area contributed by atoms with Crippen molar-refractivity contribution < 1.29 is 8.91 Å². The smallest absolute Gasteiger partial charge is 0.177 e. The van der Waals surface area contributed by atoms with Crippen molar-refractivity contribution in [2.75, 3.05) is 5.73 Å². The second kappa shape index (κ2) is 5.33. The van der Waals surface area contributed by atoms with Crippen molar-refractivity contribution >= 4 is 21.7 Å². The minimum atomic E-state index is -0.297. The summed E-state index contributed by atoms with van der Waals surface area (Å²) in [7, 11) is 0. The number of hydrogen-bond donors (Lipinski definition) is 1. The summed E-state index contributed by atoms with van der Waals surface area (Å²) < 4.78 is 19.4. The van der Waals surface area contributed by atoms with Crippen LogP contribution in [0, 0.1) is 12.7 Å². The van der Waals surface area contributed by atoms with Gasteiger partial charge >= 0.3 is 0 Å². The lowest BCUT2D eigenvalue weighted by Crippen LogP contribution is -1.90. The Bertz CT molecular complexity index is 797. The Morgan fingerprint density at radius 2 is 1.86 bits per heavy atom. The highest BCUT2D eigenvalue weighted by Gasteiger charge is 2.19. The van der Waals surface area contributed by atoms with Gasteiger partial charge in [-0.3, -0.25) is 0 Å². The van der Waals surface area contributed by atoms with Gasteiger partial charge in [0.2, 0.25) is 0 Å². The van der Waals surface area contributed by atoms with Crippen LogP contribution in [0.3, 0.4) is 0 Å². The molecule has 0 saturated carbocycles. The Balaban J connectivity index is 2.21. The van der Waals surface area contributed by atoms with E-state index in [1.165, 1.54) is 12.1 Å². The van der Waals surface area contributed by atoms with Crippen LogP contribution in [0.25, 0.3) is 22.5 Å². The van der Waals surface area contributed by atoms with Crippen LogP contribution in [0.1, 0.15) is 5.56 Å². The third-order valence-electron chi connectivity index (χ3n) is 3.30. The van der Waals surface area contributed by atoms with Crippen molar-refractivity contribution in [3.8, 4) is 22.5 Å². The zero-order valence-corrected chi connectivity index (χ0v) is 12.8. The molecule has 2 N–H and O–H groups in total. The third kappa shape index (κ3) is 2.56. The molecule has 106 valence electrons. The van der Waals surface area contributed by atoms with E-state index in [0.717, 1.165) is 21.2 Å². The maximum atomic E-state index is 13.1. The highest BCUT2D eigenvalue weighted by molar-refractivity contribution is 9.10. The highest BCUT2D eigenvalue weighted by Crippen LogP contribution is 2.38. The van der Waals surface area contributed by atoms with Gasteiger partial charge in [-0.2, -0.15) is 0 Å². The number of benzene rings is 2. The summed E-state index contributed by atoms with van der Waals surface area (Å²) in [6.45, 7) is 1.98. The first-order valence-corrected chi connectivity index (χ1v) is 7.13. The molecule has 0 spiro atoms. The second-order valence-corrected chi connectivity index (χ2v) is 5.65. The van der Waals surface area contributed by atoms with Gasteiger partial charge in [0.15, 0.2) is 11.6 Å². The van der Waals surface area contributed by atoms with Gasteiger partial charge in [-0.25, -0.2) is 4.39 Å². The molecule has 3 aromatic rings. The zero-order valence-electron chi connectivity index (χ0n) is 11.2. The predicted octanol–water partition coefficient (Wildman–Crippen LogP) is 4.80. The molecule has 2 aromatic carbocycles. The summed E-state index contributed by atoms with van der Waals surface area (Å²) in [5, 5.41) is 3.86. The van der Waals surface area contributed by atoms with E-state index < -0.39 is 0 Å². The number of aryl methyl sites for hydroxylation is 1. The molecule has 1 aromatic heterocycles. The normalized spacial score (nSPS) is 10.8. The summed E-state index contributed by atoms with van der Waals surface area (Å²) in [6.07, 6.45) is 0. The maximum Gasteiger partial charge on any atom is 0.177 e. The van der Waals surface area contributed by atoms with Crippen LogP contribution >= 0.6 is 15.9 Å². The van der Waals surface area contributed by atoms with Crippen LogP contribution in [0.2, 0.25) is 0 Å². The number of nitrogens with two attached hydrogens (primary N) is 1. The number of nitrogen functional groups attached to an aromatic ring is 1. The summed E-state index contributed by atoms with van der Waals surface area (Å²) >= 11 is 3.45. The Morgan fingerprint density at radius 3 is 2.57 bits per heavy atom. The third-order valence-corrected chi connectivity index (χ3v) is 3.79. The quantitative estimate of drug-likeness (QED) is 0.724.